The van der Waals surface area contributed by atoms with Gasteiger partial charge in [-0.05, 0) is 24.6 Å². The van der Waals surface area contributed by atoms with Crippen molar-refractivity contribution in [2.75, 3.05) is 25.5 Å². The number of hydrogen-bond donors (Lipinski definition) is 2. The zero-order valence-electron chi connectivity index (χ0n) is 14.6. The molecule has 6 nitrogen and oxygen atoms in total. The van der Waals surface area contributed by atoms with E-state index < -0.39 is 0 Å². The summed E-state index contributed by atoms with van der Waals surface area (Å²) in [6, 6.07) is 17.2. The monoisotopic (exact) mass is 340 g/mol. The molecule has 2 rings (SSSR count). The normalized spacial score (nSPS) is 11.0. The SMILES string of the molecule is CCN(Cc1ccccc1)C(=O)CN=C(N)Nc1cccc(OC)c1. The van der Waals surface area contributed by atoms with Crippen LogP contribution in [-0.2, 0) is 11.3 Å². The Kier molecular flexibility index (Phi) is 6.83. The van der Waals surface area contributed by atoms with E-state index in [1.54, 1.807) is 18.1 Å². The zero-order valence-corrected chi connectivity index (χ0v) is 14.6. The van der Waals surface area contributed by atoms with Crippen molar-refractivity contribution in [2.24, 2.45) is 10.7 Å². The second kappa shape index (κ2) is 9.32. The topological polar surface area (TPSA) is 80.0 Å². The molecule has 132 valence electrons. The average Bonchev–Trinajstić information content (AvgIpc) is 2.65. The fourth-order valence-electron chi connectivity index (χ4n) is 2.32. The van der Waals surface area contributed by atoms with E-state index in [0.29, 0.717) is 18.8 Å². The van der Waals surface area contributed by atoms with Gasteiger partial charge < -0.3 is 20.7 Å². The Bertz CT molecular complexity index is 716. The number of rotatable bonds is 7. The predicted octanol–water partition coefficient (Wildman–Crippen LogP) is 2.47. The molecule has 0 radical (unpaired) electrons. The molecule has 0 heterocycles. The van der Waals surface area contributed by atoms with Crippen molar-refractivity contribution in [1.29, 1.82) is 0 Å². The lowest BCUT2D eigenvalue weighted by molar-refractivity contribution is -0.130. The van der Waals surface area contributed by atoms with Crippen LogP contribution in [0.25, 0.3) is 0 Å². The molecule has 0 aromatic heterocycles. The summed E-state index contributed by atoms with van der Waals surface area (Å²) in [5.41, 5.74) is 7.71. The van der Waals surface area contributed by atoms with Crippen LogP contribution in [0.2, 0.25) is 0 Å². The summed E-state index contributed by atoms with van der Waals surface area (Å²) < 4.78 is 5.16. The number of carbonyl (C=O) groups is 1. The van der Waals surface area contributed by atoms with Crippen LogP contribution in [0.3, 0.4) is 0 Å². The first-order chi connectivity index (χ1) is 12.1. The largest absolute Gasteiger partial charge is 0.497 e. The summed E-state index contributed by atoms with van der Waals surface area (Å²) in [4.78, 5) is 18.2. The van der Waals surface area contributed by atoms with Crippen LogP contribution in [0, 0.1) is 0 Å². The molecule has 0 bridgehead atoms. The van der Waals surface area contributed by atoms with E-state index in [1.807, 2.05) is 55.5 Å². The van der Waals surface area contributed by atoms with Gasteiger partial charge in [-0.15, -0.1) is 0 Å². The average molecular weight is 340 g/mol. The van der Waals surface area contributed by atoms with Crippen molar-refractivity contribution in [3.05, 3.63) is 60.2 Å². The summed E-state index contributed by atoms with van der Waals surface area (Å²) in [5, 5.41) is 2.96. The molecule has 0 saturated carbocycles. The lowest BCUT2D eigenvalue weighted by atomic mass is 10.2. The quantitative estimate of drug-likeness (QED) is 0.599. The number of hydrogen-bond acceptors (Lipinski definition) is 3. The highest BCUT2D eigenvalue weighted by Gasteiger charge is 2.11. The molecular weight excluding hydrogens is 316 g/mol. The fraction of sp³-hybridized carbons (Fsp3) is 0.263. The highest BCUT2D eigenvalue weighted by molar-refractivity contribution is 5.94. The molecule has 0 saturated heterocycles. The number of methoxy groups -OCH3 is 1. The molecule has 0 aliphatic rings. The first-order valence-corrected chi connectivity index (χ1v) is 8.15. The Morgan fingerprint density at radius 1 is 1.20 bits per heavy atom. The summed E-state index contributed by atoms with van der Waals surface area (Å²) in [6.45, 7) is 3.13. The van der Waals surface area contributed by atoms with Crippen LogP contribution >= 0.6 is 0 Å². The Hall–Kier alpha value is -3.02. The van der Waals surface area contributed by atoms with E-state index in [4.69, 9.17) is 10.5 Å². The van der Waals surface area contributed by atoms with Gasteiger partial charge in [-0.3, -0.25) is 4.79 Å². The smallest absolute Gasteiger partial charge is 0.244 e. The number of nitrogens with zero attached hydrogens (tertiary/aromatic N) is 2. The molecule has 0 aliphatic carbocycles. The molecule has 2 aromatic rings. The minimum absolute atomic E-state index is 0.00345. The summed E-state index contributed by atoms with van der Waals surface area (Å²) in [5.74, 6) is 0.841. The maximum atomic E-state index is 12.4. The standard InChI is InChI=1S/C19H24N4O2/c1-3-23(14-15-8-5-4-6-9-15)18(24)13-21-19(20)22-16-10-7-11-17(12-16)25-2/h4-12H,3,13-14H2,1-2H3,(H3,20,21,22). The number of nitrogens with two attached hydrogens (primary N) is 1. The van der Waals surface area contributed by atoms with Gasteiger partial charge in [0, 0.05) is 24.8 Å². The fourth-order valence-corrected chi connectivity index (χ4v) is 2.32. The molecule has 0 atom stereocenters. The van der Waals surface area contributed by atoms with Gasteiger partial charge in [-0.25, -0.2) is 4.99 Å². The Morgan fingerprint density at radius 3 is 2.64 bits per heavy atom. The van der Waals surface area contributed by atoms with Gasteiger partial charge in [0.05, 0.1) is 7.11 Å². The lowest BCUT2D eigenvalue weighted by Gasteiger charge is -2.20. The first kappa shape index (κ1) is 18.3. The van der Waals surface area contributed by atoms with E-state index in [-0.39, 0.29) is 18.4 Å². The molecule has 0 unspecified atom stereocenters. The van der Waals surface area contributed by atoms with E-state index in [9.17, 15) is 4.79 Å². The molecule has 3 N–H and O–H groups in total. The number of guanidine groups is 1. The van der Waals surface area contributed by atoms with Crippen molar-refractivity contribution >= 4 is 17.6 Å². The van der Waals surface area contributed by atoms with Gasteiger partial charge in [0.25, 0.3) is 0 Å². The van der Waals surface area contributed by atoms with E-state index in [2.05, 4.69) is 10.3 Å². The molecular formula is C19H24N4O2. The van der Waals surface area contributed by atoms with Crippen molar-refractivity contribution < 1.29 is 9.53 Å². The molecule has 25 heavy (non-hydrogen) atoms. The summed E-state index contributed by atoms with van der Waals surface area (Å²) in [6.07, 6.45) is 0. The highest BCUT2D eigenvalue weighted by Crippen LogP contribution is 2.16. The van der Waals surface area contributed by atoms with Crippen LogP contribution in [-0.4, -0.2) is 37.0 Å². The number of carbonyl (C=O) groups excluding carboxylic acids is 1. The van der Waals surface area contributed by atoms with Gasteiger partial charge in [0.2, 0.25) is 5.91 Å². The number of aliphatic imine (C=N–C) groups is 1. The Balaban J connectivity index is 1.92. The maximum Gasteiger partial charge on any atom is 0.244 e. The molecule has 1 amide bonds. The van der Waals surface area contributed by atoms with Crippen LogP contribution in [0.5, 0.6) is 5.75 Å². The van der Waals surface area contributed by atoms with Crippen molar-refractivity contribution in [3.63, 3.8) is 0 Å². The van der Waals surface area contributed by atoms with Gasteiger partial charge in [0.1, 0.15) is 12.3 Å². The second-order valence-electron chi connectivity index (χ2n) is 5.45. The third kappa shape index (κ3) is 5.84. The molecule has 0 spiro atoms. The Morgan fingerprint density at radius 2 is 1.96 bits per heavy atom. The molecule has 6 heteroatoms. The van der Waals surface area contributed by atoms with Crippen molar-refractivity contribution in [3.8, 4) is 5.75 Å². The number of ether oxygens (including phenoxy) is 1. The van der Waals surface area contributed by atoms with Gasteiger partial charge in [-0.1, -0.05) is 36.4 Å². The maximum absolute atomic E-state index is 12.4. The van der Waals surface area contributed by atoms with Crippen LogP contribution in [0.1, 0.15) is 12.5 Å². The van der Waals surface area contributed by atoms with Crippen molar-refractivity contribution in [2.45, 2.75) is 13.5 Å². The van der Waals surface area contributed by atoms with E-state index in [0.717, 1.165) is 11.3 Å². The van der Waals surface area contributed by atoms with E-state index >= 15 is 0 Å². The van der Waals surface area contributed by atoms with Crippen molar-refractivity contribution in [1.82, 2.24) is 4.90 Å². The number of benzene rings is 2. The van der Waals surface area contributed by atoms with Gasteiger partial charge in [-0.2, -0.15) is 0 Å². The van der Waals surface area contributed by atoms with E-state index in [1.165, 1.54) is 0 Å². The molecule has 0 fully saturated rings. The number of likely N-dealkylation sites (N-methyl/N-ethyl adjacent to an activating group) is 1. The third-order valence-corrected chi connectivity index (χ3v) is 3.68. The predicted molar refractivity (Wildman–Crippen MR) is 101 cm³/mol. The van der Waals surface area contributed by atoms with Crippen LogP contribution in [0.4, 0.5) is 5.69 Å². The lowest BCUT2D eigenvalue weighted by Crippen LogP contribution is -2.33. The number of anilines is 1. The number of amides is 1. The van der Waals surface area contributed by atoms with Gasteiger partial charge >= 0.3 is 0 Å². The highest BCUT2D eigenvalue weighted by atomic mass is 16.5. The van der Waals surface area contributed by atoms with Crippen LogP contribution < -0.4 is 15.8 Å². The zero-order chi connectivity index (χ0) is 18.1. The number of nitrogens with one attached hydrogen (secondary N) is 1. The molecule has 0 aliphatic heterocycles. The first-order valence-electron chi connectivity index (χ1n) is 8.15. The third-order valence-electron chi connectivity index (χ3n) is 3.68. The molecule has 2 aromatic carbocycles. The van der Waals surface area contributed by atoms with Gasteiger partial charge in [0.15, 0.2) is 5.96 Å². The summed E-state index contributed by atoms with van der Waals surface area (Å²) in [7, 11) is 1.60. The second-order valence-corrected chi connectivity index (χ2v) is 5.45. The Labute approximate surface area is 148 Å². The minimum Gasteiger partial charge on any atom is -0.497 e. The minimum atomic E-state index is -0.0678. The van der Waals surface area contributed by atoms with Crippen LogP contribution in [0.15, 0.2) is 59.6 Å². The summed E-state index contributed by atoms with van der Waals surface area (Å²) >= 11 is 0.